The fourth-order valence-electron chi connectivity index (χ4n) is 2.84. The molecule has 3 rings (SSSR count). The molecule has 0 aromatic heterocycles. The molecule has 138 valence electrons. The number of hydrogen-bond acceptors (Lipinski definition) is 4. The molecule has 6 heteroatoms. The minimum atomic E-state index is -0.169. The number of ether oxygens (including phenoxy) is 2. The first-order valence-electron chi connectivity index (χ1n) is 8.83. The van der Waals surface area contributed by atoms with E-state index in [2.05, 4.69) is 34.7 Å². The number of benzene rings is 2. The van der Waals surface area contributed by atoms with Crippen LogP contribution in [-0.2, 0) is 0 Å². The van der Waals surface area contributed by atoms with E-state index in [-0.39, 0.29) is 18.9 Å². The van der Waals surface area contributed by atoms with Gasteiger partial charge in [-0.2, -0.15) is 0 Å². The third-order valence-corrected chi connectivity index (χ3v) is 4.40. The lowest BCUT2D eigenvalue weighted by molar-refractivity contribution is 0.174. The summed E-state index contributed by atoms with van der Waals surface area (Å²) in [6.07, 6.45) is 0.872. The highest BCUT2D eigenvalue weighted by Gasteiger charge is 2.16. The number of nitrogens with one attached hydrogen (secondary N) is 2. The monoisotopic (exact) mass is 355 g/mol. The molecule has 2 N–H and O–H groups in total. The average molecular weight is 355 g/mol. The summed E-state index contributed by atoms with van der Waals surface area (Å²) in [6, 6.07) is 15.6. The highest BCUT2D eigenvalue weighted by molar-refractivity contribution is 5.74. The Bertz CT molecular complexity index is 736. The van der Waals surface area contributed by atoms with E-state index < -0.39 is 0 Å². The first-order valence-corrected chi connectivity index (χ1v) is 8.83. The van der Waals surface area contributed by atoms with Gasteiger partial charge in [-0.1, -0.05) is 24.3 Å². The molecular weight excluding hydrogens is 330 g/mol. The summed E-state index contributed by atoms with van der Waals surface area (Å²) in [6.45, 7) is 3.69. The smallest absolute Gasteiger partial charge is 0.315 e. The van der Waals surface area contributed by atoms with E-state index in [4.69, 9.17) is 9.47 Å². The van der Waals surface area contributed by atoms with Crippen molar-refractivity contribution in [3.05, 3.63) is 54.1 Å². The van der Waals surface area contributed by atoms with Gasteiger partial charge in [-0.15, -0.1) is 0 Å². The van der Waals surface area contributed by atoms with Crippen molar-refractivity contribution in [1.29, 1.82) is 0 Å². The molecular formula is C20H25N3O3. The van der Waals surface area contributed by atoms with Crippen LogP contribution in [0.3, 0.4) is 0 Å². The van der Waals surface area contributed by atoms with Crippen LogP contribution < -0.4 is 25.0 Å². The zero-order valence-corrected chi connectivity index (χ0v) is 15.2. The van der Waals surface area contributed by atoms with Crippen LogP contribution in [0.5, 0.6) is 11.5 Å². The summed E-state index contributed by atoms with van der Waals surface area (Å²) in [7, 11) is 2.05. The number of amides is 2. The number of anilines is 1. The second-order valence-electron chi connectivity index (χ2n) is 6.35. The average Bonchev–Trinajstić information content (AvgIpc) is 3.13. The second kappa shape index (κ2) is 8.47. The molecule has 0 bridgehead atoms. The molecule has 1 atom stereocenters. The van der Waals surface area contributed by atoms with E-state index in [1.165, 1.54) is 5.69 Å². The van der Waals surface area contributed by atoms with Crippen LogP contribution >= 0.6 is 0 Å². The molecule has 2 amide bonds. The Morgan fingerprint density at radius 2 is 1.92 bits per heavy atom. The number of carbonyl (C=O) groups is 1. The topological polar surface area (TPSA) is 62.8 Å². The van der Waals surface area contributed by atoms with Crippen LogP contribution in [-0.4, -0.2) is 33.0 Å². The highest BCUT2D eigenvalue weighted by Crippen LogP contribution is 2.34. The molecule has 26 heavy (non-hydrogen) atoms. The highest BCUT2D eigenvalue weighted by atomic mass is 16.7. The van der Waals surface area contributed by atoms with Gasteiger partial charge in [-0.05, 0) is 43.2 Å². The Morgan fingerprint density at radius 1 is 1.15 bits per heavy atom. The molecule has 0 saturated carbocycles. The number of urea groups is 1. The molecule has 1 aliphatic heterocycles. The van der Waals surface area contributed by atoms with Gasteiger partial charge in [0.05, 0.1) is 6.04 Å². The van der Waals surface area contributed by atoms with Crippen molar-refractivity contribution in [2.75, 3.05) is 31.8 Å². The van der Waals surface area contributed by atoms with Gasteiger partial charge in [0.25, 0.3) is 0 Å². The number of fused-ring (bicyclic) bond motifs is 1. The molecule has 0 saturated heterocycles. The molecule has 0 unspecified atom stereocenters. The van der Waals surface area contributed by atoms with Gasteiger partial charge in [0.2, 0.25) is 6.79 Å². The molecule has 2 aromatic carbocycles. The minimum Gasteiger partial charge on any atom is -0.454 e. The molecule has 0 spiro atoms. The Hall–Kier alpha value is -2.89. The Morgan fingerprint density at radius 3 is 2.73 bits per heavy atom. The van der Waals surface area contributed by atoms with Crippen molar-refractivity contribution >= 4 is 11.7 Å². The van der Waals surface area contributed by atoms with Crippen molar-refractivity contribution < 1.29 is 14.3 Å². The van der Waals surface area contributed by atoms with E-state index >= 15 is 0 Å². The van der Waals surface area contributed by atoms with Crippen LogP contribution in [0.4, 0.5) is 10.5 Å². The molecule has 0 radical (unpaired) electrons. The maximum atomic E-state index is 12.1. The van der Waals surface area contributed by atoms with Crippen molar-refractivity contribution in [3.63, 3.8) is 0 Å². The first-order chi connectivity index (χ1) is 12.6. The van der Waals surface area contributed by atoms with Crippen LogP contribution in [0.15, 0.2) is 48.5 Å². The van der Waals surface area contributed by atoms with Crippen LogP contribution in [0.1, 0.15) is 24.9 Å². The largest absolute Gasteiger partial charge is 0.454 e. The number of rotatable bonds is 7. The lowest BCUT2D eigenvalue weighted by Gasteiger charge is -2.19. The van der Waals surface area contributed by atoms with Crippen molar-refractivity contribution in [2.24, 2.45) is 0 Å². The molecule has 0 aliphatic carbocycles. The van der Waals surface area contributed by atoms with Gasteiger partial charge >= 0.3 is 6.03 Å². The molecule has 1 heterocycles. The maximum absolute atomic E-state index is 12.1. The lowest BCUT2D eigenvalue weighted by Crippen LogP contribution is -2.38. The van der Waals surface area contributed by atoms with E-state index in [0.717, 1.165) is 30.0 Å². The normalized spacial score (nSPS) is 13.2. The summed E-state index contributed by atoms with van der Waals surface area (Å²) in [5.41, 5.74) is 2.15. The van der Waals surface area contributed by atoms with Crippen LogP contribution in [0.2, 0.25) is 0 Å². The van der Waals surface area contributed by atoms with Gasteiger partial charge < -0.3 is 25.0 Å². The SMILES string of the molecule is C[C@H](NC(=O)NCCCN(C)c1ccccc1)c1ccc2c(c1)OCO2. The summed E-state index contributed by atoms with van der Waals surface area (Å²) in [5, 5.41) is 5.86. The van der Waals surface area contributed by atoms with Gasteiger partial charge in [0, 0.05) is 25.8 Å². The van der Waals surface area contributed by atoms with Crippen molar-refractivity contribution in [2.45, 2.75) is 19.4 Å². The summed E-state index contributed by atoms with van der Waals surface area (Å²) >= 11 is 0. The second-order valence-corrected chi connectivity index (χ2v) is 6.35. The number of hydrogen-bond donors (Lipinski definition) is 2. The Labute approximate surface area is 154 Å². The van der Waals surface area contributed by atoms with E-state index in [1.807, 2.05) is 43.3 Å². The van der Waals surface area contributed by atoms with Gasteiger partial charge in [0.1, 0.15) is 0 Å². The quantitative estimate of drug-likeness (QED) is 0.748. The standard InChI is InChI=1S/C20H25N3O3/c1-15(16-9-10-18-19(13-16)26-14-25-18)22-20(24)21-11-6-12-23(2)17-7-4-3-5-8-17/h3-5,7-10,13,15H,6,11-12,14H2,1-2H3,(H2,21,22,24)/t15-/m0/s1. The van der Waals surface area contributed by atoms with E-state index in [9.17, 15) is 4.79 Å². The van der Waals surface area contributed by atoms with Crippen molar-refractivity contribution in [3.8, 4) is 11.5 Å². The van der Waals surface area contributed by atoms with Crippen molar-refractivity contribution in [1.82, 2.24) is 10.6 Å². The Balaban J connectivity index is 1.38. The van der Waals surface area contributed by atoms with Gasteiger partial charge in [-0.3, -0.25) is 0 Å². The number of nitrogens with zero attached hydrogens (tertiary/aromatic N) is 1. The number of para-hydroxylation sites is 1. The molecule has 1 aliphatic rings. The zero-order chi connectivity index (χ0) is 18.4. The predicted molar refractivity (Wildman–Crippen MR) is 102 cm³/mol. The third kappa shape index (κ3) is 4.59. The van der Waals surface area contributed by atoms with Gasteiger partial charge in [-0.25, -0.2) is 4.79 Å². The first kappa shape index (κ1) is 17.9. The predicted octanol–water partition coefficient (Wildman–Crippen LogP) is 3.30. The van der Waals surface area contributed by atoms with Crippen LogP contribution in [0, 0.1) is 0 Å². The molecule has 0 fully saturated rings. The summed E-state index contributed by atoms with van der Waals surface area (Å²) < 4.78 is 10.7. The lowest BCUT2D eigenvalue weighted by atomic mass is 10.1. The minimum absolute atomic E-state index is 0.114. The third-order valence-electron chi connectivity index (χ3n) is 4.40. The fraction of sp³-hybridized carbons (Fsp3) is 0.350. The van der Waals surface area contributed by atoms with Gasteiger partial charge in [0.15, 0.2) is 11.5 Å². The summed E-state index contributed by atoms with van der Waals surface area (Å²) in [4.78, 5) is 14.3. The van der Waals surface area contributed by atoms with E-state index in [0.29, 0.717) is 6.54 Å². The Kier molecular flexibility index (Phi) is 5.84. The molecule has 2 aromatic rings. The zero-order valence-electron chi connectivity index (χ0n) is 15.2. The van der Waals surface area contributed by atoms with E-state index in [1.54, 1.807) is 0 Å². The summed E-state index contributed by atoms with van der Waals surface area (Å²) in [5.74, 6) is 1.47. The maximum Gasteiger partial charge on any atom is 0.315 e. The fourth-order valence-corrected chi connectivity index (χ4v) is 2.84. The number of carbonyl (C=O) groups excluding carboxylic acids is 1. The molecule has 6 nitrogen and oxygen atoms in total. The van der Waals surface area contributed by atoms with Crippen LogP contribution in [0.25, 0.3) is 0 Å².